The Balaban J connectivity index is 1.68. The van der Waals surface area contributed by atoms with E-state index in [0.717, 1.165) is 5.56 Å². The van der Waals surface area contributed by atoms with Crippen LogP contribution >= 0.6 is 11.3 Å². The van der Waals surface area contributed by atoms with Gasteiger partial charge in [0.15, 0.2) is 4.80 Å². The number of fused-ring (bicyclic) bond motifs is 1. The lowest BCUT2D eigenvalue weighted by Gasteiger charge is -2.30. The third-order valence-corrected chi connectivity index (χ3v) is 9.04. The lowest BCUT2D eigenvalue weighted by Crippen LogP contribution is -2.43. The van der Waals surface area contributed by atoms with Crippen LogP contribution in [0.25, 0.3) is 17.4 Å². The Bertz CT molecular complexity index is 2030. The third kappa shape index (κ3) is 5.68. The van der Waals surface area contributed by atoms with Gasteiger partial charge in [-0.3, -0.25) is 24.3 Å². The minimum absolute atomic E-state index is 0.00895. The number of thiazole rings is 1. The van der Waals surface area contributed by atoms with Crippen molar-refractivity contribution in [3.63, 3.8) is 0 Å². The maximum absolute atomic E-state index is 14.2. The molecule has 0 saturated carbocycles. The lowest BCUT2D eigenvalue weighted by atomic mass is 9.93. The van der Waals surface area contributed by atoms with Crippen LogP contribution in [0.3, 0.4) is 0 Å². The first-order chi connectivity index (χ1) is 21.5. The maximum Gasteiger partial charge on any atom is 0.273 e. The number of carbonyl (C=O) groups excluding carboxylic acids is 1. The van der Waals surface area contributed by atoms with Gasteiger partial charge in [0.05, 0.1) is 34.9 Å². The topological polar surface area (TPSA) is 129 Å². The Morgan fingerprint density at radius 2 is 1.84 bits per heavy atom. The number of benzene rings is 2. The van der Waals surface area contributed by atoms with Crippen LogP contribution in [0.15, 0.2) is 67.9 Å². The molecule has 3 heterocycles. The summed E-state index contributed by atoms with van der Waals surface area (Å²) in [6.07, 6.45) is 1.62. The number of hydrogen-bond donors (Lipinski definition) is 0. The normalized spacial score (nSPS) is 14.6. The molecular weight excluding hydrogens is 596 g/mol. The van der Waals surface area contributed by atoms with Gasteiger partial charge in [-0.15, -0.1) is 0 Å². The second kappa shape index (κ2) is 12.6. The van der Waals surface area contributed by atoms with Crippen molar-refractivity contribution in [1.82, 2.24) is 9.47 Å². The Hall–Kier alpha value is -4.97. The zero-order valence-electron chi connectivity index (χ0n) is 26.2. The molecule has 12 heteroatoms. The van der Waals surface area contributed by atoms with E-state index in [1.807, 2.05) is 26.8 Å². The number of nitrogens with zero attached hydrogens (tertiary/aromatic N) is 4. The van der Waals surface area contributed by atoms with Gasteiger partial charge >= 0.3 is 0 Å². The number of likely N-dealkylation sites (N-methyl/N-ethyl adjacent to an activating group) is 1. The molecular formula is C33H34N4O7S. The van der Waals surface area contributed by atoms with Gasteiger partial charge in [-0.05, 0) is 76.6 Å². The average molecular weight is 631 g/mol. The van der Waals surface area contributed by atoms with Crippen molar-refractivity contribution < 1.29 is 23.6 Å². The van der Waals surface area contributed by atoms with Crippen LogP contribution in [0.4, 0.5) is 5.69 Å². The van der Waals surface area contributed by atoms with Gasteiger partial charge in [-0.1, -0.05) is 11.3 Å². The molecule has 1 amide bonds. The van der Waals surface area contributed by atoms with E-state index >= 15 is 0 Å². The lowest BCUT2D eigenvalue weighted by molar-refractivity contribution is -0.385. The molecule has 4 aromatic rings. The van der Waals surface area contributed by atoms with E-state index in [4.69, 9.17) is 18.9 Å². The summed E-state index contributed by atoms with van der Waals surface area (Å²) in [6.45, 7) is 10.1. The molecule has 1 atom stereocenters. The van der Waals surface area contributed by atoms with Crippen molar-refractivity contribution in [2.45, 2.75) is 40.7 Å². The molecule has 5 rings (SSSR count). The minimum atomic E-state index is -0.829. The second-order valence-electron chi connectivity index (χ2n) is 10.6. The molecule has 0 bridgehead atoms. The number of ether oxygens (including phenoxy) is 2. The molecule has 11 nitrogen and oxygen atoms in total. The average Bonchev–Trinajstić information content (AvgIpc) is 3.61. The number of hydrogen-bond acceptors (Lipinski definition) is 9. The molecule has 0 spiro atoms. The highest BCUT2D eigenvalue weighted by Gasteiger charge is 2.36. The monoisotopic (exact) mass is 630 g/mol. The third-order valence-electron chi connectivity index (χ3n) is 8.06. The first-order valence-corrected chi connectivity index (χ1v) is 15.2. The fourth-order valence-electron chi connectivity index (χ4n) is 5.51. The molecule has 0 radical (unpaired) electrons. The van der Waals surface area contributed by atoms with Gasteiger partial charge in [-0.2, -0.15) is 0 Å². The van der Waals surface area contributed by atoms with Crippen LogP contribution in [-0.2, 0) is 4.79 Å². The summed E-state index contributed by atoms with van der Waals surface area (Å²) in [5.74, 6) is 1.65. The number of nitro groups is 1. The molecule has 0 aliphatic carbocycles. The van der Waals surface area contributed by atoms with Gasteiger partial charge in [0.1, 0.15) is 29.1 Å². The van der Waals surface area contributed by atoms with Gasteiger partial charge in [0.25, 0.3) is 17.2 Å². The van der Waals surface area contributed by atoms with Crippen LogP contribution in [0.1, 0.15) is 49.3 Å². The van der Waals surface area contributed by atoms with Crippen molar-refractivity contribution in [1.29, 1.82) is 0 Å². The highest BCUT2D eigenvalue weighted by molar-refractivity contribution is 7.07. The van der Waals surface area contributed by atoms with Crippen LogP contribution in [0.2, 0.25) is 0 Å². The van der Waals surface area contributed by atoms with Crippen molar-refractivity contribution in [3.05, 3.63) is 106 Å². The number of allylic oxidation sites excluding steroid dienone is 1. The van der Waals surface area contributed by atoms with E-state index in [1.54, 1.807) is 62.3 Å². The summed E-state index contributed by atoms with van der Waals surface area (Å²) < 4.78 is 19.1. The predicted molar refractivity (Wildman–Crippen MR) is 172 cm³/mol. The SMILES string of the molecule is CCN(CC)C(=O)C1=C(C)N=c2s/c(=C/c3ccc(-c4cc(C)c(C)c([N+](=O)[O-])c4)o3)c(=O)n2[C@@H]1c1cc(OC)ccc1OC. The van der Waals surface area contributed by atoms with Gasteiger partial charge < -0.3 is 18.8 Å². The first-order valence-electron chi connectivity index (χ1n) is 14.4. The van der Waals surface area contributed by atoms with Crippen molar-refractivity contribution >= 4 is 29.0 Å². The number of carbonyl (C=O) groups is 1. The number of methoxy groups -OCH3 is 2. The molecule has 1 aliphatic heterocycles. The van der Waals surface area contributed by atoms with Gasteiger partial charge in [0.2, 0.25) is 0 Å². The molecule has 234 valence electrons. The largest absolute Gasteiger partial charge is 0.497 e. The predicted octanol–water partition coefficient (Wildman–Crippen LogP) is 4.91. The van der Waals surface area contributed by atoms with Crippen LogP contribution in [-0.4, -0.2) is 47.6 Å². The molecule has 0 unspecified atom stereocenters. The summed E-state index contributed by atoms with van der Waals surface area (Å²) in [7, 11) is 3.09. The molecule has 1 aliphatic rings. The fraction of sp³-hybridized carbons (Fsp3) is 0.303. The highest BCUT2D eigenvalue weighted by Crippen LogP contribution is 2.38. The van der Waals surface area contributed by atoms with E-state index < -0.39 is 11.0 Å². The number of aromatic nitrogens is 1. The molecule has 2 aromatic carbocycles. The van der Waals surface area contributed by atoms with E-state index in [2.05, 4.69) is 0 Å². The molecule has 45 heavy (non-hydrogen) atoms. The minimum Gasteiger partial charge on any atom is -0.497 e. The standard InChI is InChI=1S/C33H34N4O7S/c1-8-35(9-2)32(39)29-20(5)34-33-36(30(29)24-16-22(42-6)10-13-27(24)43-7)31(38)28(45-33)17-23-11-12-26(44-23)21-14-18(3)19(4)25(15-21)37(40)41/h10-17,30H,8-9H2,1-7H3/b28-17+/t30-/m1/s1. The highest BCUT2D eigenvalue weighted by atomic mass is 32.1. The Kier molecular flexibility index (Phi) is 8.78. The molecule has 2 aromatic heterocycles. The van der Waals surface area contributed by atoms with E-state index in [-0.39, 0.29) is 17.2 Å². The van der Waals surface area contributed by atoms with E-state index in [0.29, 0.717) is 73.4 Å². The number of nitro benzene ring substituents is 1. The summed E-state index contributed by atoms with van der Waals surface area (Å²) in [4.78, 5) is 46.1. The van der Waals surface area contributed by atoms with Crippen molar-refractivity contribution in [2.75, 3.05) is 27.3 Å². The van der Waals surface area contributed by atoms with Crippen molar-refractivity contribution in [3.8, 4) is 22.8 Å². The number of rotatable bonds is 9. The molecule has 0 saturated heterocycles. The Morgan fingerprint density at radius 1 is 1.11 bits per heavy atom. The van der Waals surface area contributed by atoms with Crippen molar-refractivity contribution in [2.24, 2.45) is 4.99 Å². The Morgan fingerprint density at radius 3 is 2.49 bits per heavy atom. The van der Waals surface area contributed by atoms with E-state index in [1.165, 1.54) is 29.1 Å². The zero-order valence-corrected chi connectivity index (χ0v) is 27.0. The summed E-state index contributed by atoms with van der Waals surface area (Å²) in [5, 5.41) is 11.6. The first kappa shape index (κ1) is 31.5. The summed E-state index contributed by atoms with van der Waals surface area (Å²) >= 11 is 1.18. The zero-order chi connectivity index (χ0) is 32.6. The van der Waals surface area contributed by atoms with Crippen LogP contribution in [0, 0.1) is 24.0 Å². The smallest absolute Gasteiger partial charge is 0.273 e. The van der Waals surface area contributed by atoms with Gasteiger partial charge in [-0.25, -0.2) is 4.99 Å². The van der Waals surface area contributed by atoms with Crippen LogP contribution in [0.5, 0.6) is 11.5 Å². The Labute approximate surface area is 263 Å². The second-order valence-corrected chi connectivity index (χ2v) is 11.6. The number of furan rings is 1. The quantitative estimate of drug-likeness (QED) is 0.190. The summed E-state index contributed by atoms with van der Waals surface area (Å²) in [5.41, 5.74) is 3.04. The number of amides is 1. The summed E-state index contributed by atoms with van der Waals surface area (Å²) in [6, 6.07) is 11.2. The van der Waals surface area contributed by atoms with Crippen LogP contribution < -0.4 is 24.4 Å². The molecule has 0 N–H and O–H groups in total. The molecule has 0 fully saturated rings. The maximum atomic E-state index is 14.2. The van der Waals surface area contributed by atoms with Gasteiger partial charge in [0, 0.05) is 41.9 Å². The number of aryl methyl sites for hydroxylation is 1. The fourth-order valence-corrected chi connectivity index (χ4v) is 6.54. The van der Waals surface area contributed by atoms with E-state index in [9.17, 15) is 19.7 Å².